The van der Waals surface area contributed by atoms with Crippen molar-refractivity contribution in [3.8, 4) is 11.4 Å². The highest BCUT2D eigenvalue weighted by atomic mass is 35.5. The van der Waals surface area contributed by atoms with E-state index in [0.29, 0.717) is 40.9 Å². The van der Waals surface area contributed by atoms with Crippen molar-refractivity contribution in [3.05, 3.63) is 71.3 Å². The van der Waals surface area contributed by atoms with Crippen molar-refractivity contribution in [1.29, 1.82) is 0 Å². The number of alkyl halides is 3. The van der Waals surface area contributed by atoms with Gasteiger partial charge in [0.05, 0.1) is 28.8 Å². The van der Waals surface area contributed by atoms with Gasteiger partial charge in [-0.15, -0.1) is 0 Å². The molecule has 2 aromatic carbocycles. The van der Waals surface area contributed by atoms with E-state index in [0.717, 1.165) is 29.7 Å². The summed E-state index contributed by atoms with van der Waals surface area (Å²) in [5.74, 6) is -2.59. The van der Waals surface area contributed by atoms with Gasteiger partial charge in [-0.05, 0) is 42.5 Å². The lowest BCUT2D eigenvalue weighted by atomic mass is 10.1. The topological polar surface area (TPSA) is 123 Å². The summed E-state index contributed by atoms with van der Waals surface area (Å²) in [6.07, 6.45) is -1.87. The number of fused-ring (bicyclic) bond motifs is 1. The molecule has 1 saturated heterocycles. The van der Waals surface area contributed by atoms with Crippen LogP contribution in [0.1, 0.15) is 10.4 Å². The zero-order chi connectivity index (χ0) is 28.2. The van der Waals surface area contributed by atoms with E-state index in [4.69, 9.17) is 21.5 Å². The molecule has 14 heteroatoms. The molecule has 5 rings (SSSR count). The van der Waals surface area contributed by atoms with Crippen molar-refractivity contribution in [1.82, 2.24) is 25.2 Å². The number of aliphatic carboxylic acids is 1. The Hall–Kier alpha value is -4.23. The van der Waals surface area contributed by atoms with Crippen LogP contribution in [0.15, 0.2) is 54.9 Å². The number of nitrogens with one attached hydrogen (secondary N) is 3. The number of carbonyl (C=O) groups is 2. The summed E-state index contributed by atoms with van der Waals surface area (Å²) in [5.41, 5.74) is 3.31. The minimum Gasteiger partial charge on any atom is -0.475 e. The molecule has 39 heavy (non-hydrogen) atoms. The standard InChI is InChI=1S/C23H20ClFN6O.C2HF3O2/c24-17-10-14(23(32)31-7-5-26-6-8-31)1-3-19(17)29-22-13-27-12-21(30-22)20-11-15-9-16(25)2-4-18(15)28-20;3-2(4,5)1(6)7/h1-4,9-13,26,28H,5-8H2,(H,29,30);(H,6,7). The Morgan fingerprint density at radius 3 is 2.44 bits per heavy atom. The van der Waals surface area contributed by atoms with Gasteiger partial charge in [-0.25, -0.2) is 14.2 Å². The molecule has 0 atom stereocenters. The molecule has 1 aliphatic rings. The Morgan fingerprint density at radius 1 is 1.05 bits per heavy atom. The first kappa shape index (κ1) is 27.8. The van der Waals surface area contributed by atoms with Crippen LogP contribution in [0, 0.1) is 5.82 Å². The highest BCUT2D eigenvalue weighted by Crippen LogP contribution is 2.28. The number of amides is 1. The fourth-order valence-corrected chi connectivity index (χ4v) is 3.96. The number of piperazine rings is 1. The first-order valence-electron chi connectivity index (χ1n) is 11.5. The second kappa shape index (κ2) is 11.7. The van der Waals surface area contributed by atoms with E-state index in [9.17, 15) is 22.4 Å². The molecule has 4 N–H and O–H groups in total. The summed E-state index contributed by atoms with van der Waals surface area (Å²) < 4.78 is 45.2. The Bertz CT molecular complexity index is 1500. The molecule has 204 valence electrons. The number of aromatic nitrogens is 3. The number of carboxylic acids is 1. The monoisotopic (exact) mass is 564 g/mol. The fourth-order valence-electron chi connectivity index (χ4n) is 3.74. The number of H-pyrrole nitrogens is 1. The quantitative estimate of drug-likeness (QED) is 0.262. The lowest BCUT2D eigenvalue weighted by molar-refractivity contribution is -0.192. The van der Waals surface area contributed by atoms with Crippen molar-refractivity contribution in [2.45, 2.75) is 6.18 Å². The average molecular weight is 565 g/mol. The molecule has 4 aromatic rings. The number of anilines is 2. The Kier molecular flexibility index (Phi) is 8.31. The maximum Gasteiger partial charge on any atom is 0.490 e. The zero-order valence-electron chi connectivity index (χ0n) is 20.0. The van der Waals surface area contributed by atoms with Crippen molar-refractivity contribution in [2.24, 2.45) is 0 Å². The first-order chi connectivity index (χ1) is 18.5. The van der Waals surface area contributed by atoms with E-state index in [1.807, 2.05) is 11.0 Å². The highest BCUT2D eigenvalue weighted by molar-refractivity contribution is 6.33. The van der Waals surface area contributed by atoms with Gasteiger partial charge in [-0.3, -0.25) is 9.78 Å². The summed E-state index contributed by atoms with van der Waals surface area (Å²) in [7, 11) is 0. The molecule has 2 aromatic heterocycles. The molecule has 0 bridgehead atoms. The predicted molar refractivity (Wildman–Crippen MR) is 136 cm³/mol. The number of nitrogens with zero attached hydrogens (tertiary/aromatic N) is 3. The van der Waals surface area contributed by atoms with Gasteiger partial charge < -0.3 is 25.6 Å². The van der Waals surface area contributed by atoms with Gasteiger partial charge in [0, 0.05) is 42.6 Å². The van der Waals surface area contributed by atoms with Crippen LogP contribution in [-0.2, 0) is 4.79 Å². The molecular formula is C25H21ClF4N6O3. The maximum atomic E-state index is 13.5. The van der Waals surface area contributed by atoms with Crippen molar-refractivity contribution in [2.75, 3.05) is 31.5 Å². The molecule has 1 aliphatic heterocycles. The molecule has 0 aliphatic carbocycles. The van der Waals surface area contributed by atoms with Crippen molar-refractivity contribution in [3.63, 3.8) is 0 Å². The lowest BCUT2D eigenvalue weighted by Crippen LogP contribution is -2.46. The fraction of sp³-hybridized carbons (Fsp3) is 0.200. The number of halogens is 5. The second-order valence-electron chi connectivity index (χ2n) is 8.37. The molecule has 1 fully saturated rings. The summed E-state index contributed by atoms with van der Waals surface area (Å²) in [6, 6.07) is 11.6. The SMILES string of the molecule is O=C(O)C(F)(F)F.O=C(c1ccc(Nc2cncc(-c3cc4cc(F)ccc4[nH]3)n2)c(Cl)c1)N1CCNCC1. The normalized spacial score (nSPS) is 13.5. The summed E-state index contributed by atoms with van der Waals surface area (Å²) in [6.45, 7) is 2.94. The number of hydrogen-bond acceptors (Lipinski definition) is 6. The summed E-state index contributed by atoms with van der Waals surface area (Å²) in [4.78, 5) is 35.5. The van der Waals surface area contributed by atoms with Gasteiger partial charge in [0.15, 0.2) is 0 Å². The van der Waals surface area contributed by atoms with Crippen LogP contribution in [-0.4, -0.2) is 69.2 Å². The van der Waals surface area contributed by atoms with E-state index in [-0.39, 0.29) is 11.7 Å². The Morgan fingerprint density at radius 2 is 1.77 bits per heavy atom. The third-order valence-corrected chi connectivity index (χ3v) is 5.93. The van der Waals surface area contributed by atoms with Gasteiger partial charge >= 0.3 is 12.1 Å². The molecule has 0 radical (unpaired) electrons. The van der Waals surface area contributed by atoms with Crippen LogP contribution in [0.4, 0.5) is 29.1 Å². The van der Waals surface area contributed by atoms with E-state index in [1.54, 1.807) is 36.7 Å². The number of aromatic amines is 1. The van der Waals surface area contributed by atoms with E-state index < -0.39 is 12.1 Å². The minimum atomic E-state index is -5.08. The largest absolute Gasteiger partial charge is 0.490 e. The van der Waals surface area contributed by atoms with Crippen molar-refractivity contribution < 1.29 is 32.3 Å². The van der Waals surface area contributed by atoms with Gasteiger partial charge in [0.2, 0.25) is 0 Å². The number of carbonyl (C=O) groups excluding carboxylic acids is 1. The molecule has 1 amide bonds. The molecular weight excluding hydrogens is 544 g/mol. The molecule has 0 unspecified atom stereocenters. The molecule has 3 heterocycles. The highest BCUT2D eigenvalue weighted by Gasteiger charge is 2.38. The summed E-state index contributed by atoms with van der Waals surface area (Å²) >= 11 is 6.45. The number of hydrogen-bond donors (Lipinski definition) is 4. The van der Waals surface area contributed by atoms with Gasteiger partial charge in [0.25, 0.3) is 5.91 Å². The molecule has 0 spiro atoms. The van der Waals surface area contributed by atoms with Gasteiger partial charge in [-0.2, -0.15) is 13.2 Å². The van der Waals surface area contributed by atoms with Crippen LogP contribution in [0.25, 0.3) is 22.3 Å². The van der Waals surface area contributed by atoms with Crippen LogP contribution in [0.5, 0.6) is 0 Å². The van der Waals surface area contributed by atoms with Crippen molar-refractivity contribution >= 4 is 45.9 Å². The van der Waals surface area contributed by atoms with Gasteiger partial charge in [-0.1, -0.05) is 11.6 Å². The Balaban J connectivity index is 0.000000448. The third kappa shape index (κ3) is 7.00. The summed E-state index contributed by atoms with van der Waals surface area (Å²) in [5, 5.41) is 14.7. The number of benzene rings is 2. The average Bonchev–Trinajstić information content (AvgIpc) is 3.33. The van der Waals surface area contributed by atoms with Crippen LogP contribution >= 0.6 is 11.6 Å². The Labute approximate surface area is 223 Å². The van der Waals surface area contributed by atoms with Crippen LogP contribution < -0.4 is 10.6 Å². The van der Waals surface area contributed by atoms with E-state index in [2.05, 4.69) is 25.6 Å². The minimum absolute atomic E-state index is 0.0306. The smallest absolute Gasteiger partial charge is 0.475 e. The molecule has 9 nitrogen and oxygen atoms in total. The lowest BCUT2D eigenvalue weighted by Gasteiger charge is -2.27. The zero-order valence-corrected chi connectivity index (χ0v) is 20.8. The number of carboxylic acid groups (broad SMARTS) is 1. The predicted octanol–water partition coefficient (Wildman–Crippen LogP) is 4.84. The number of rotatable bonds is 4. The molecule has 0 saturated carbocycles. The second-order valence-corrected chi connectivity index (χ2v) is 8.78. The maximum absolute atomic E-state index is 13.5. The van der Waals surface area contributed by atoms with Crippen LogP contribution in [0.3, 0.4) is 0 Å². The van der Waals surface area contributed by atoms with Gasteiger partial charge in [0.1, 0.15) is 17.3 Å². The third-order valence-electron chi connectivity index (χ3n) is 5.62. The van der Waals surface area contributed by atoms with Crippen LogP contribution in [0.2, 0.25) is 5.02 Å². The van der Waals surface area contributed by atoms with E-state index in [1.165, 1.54) is 12.1 Å². The first-order valence-corrected chi connectivity index (χ1v) is 11.9. The van der Waals surface area contributed by atoms with E-state index >= 15 is 0 Å².